The van der Waals surface area contributed by atoms with E-state index in [2.05, 4.69) is 10.3 Å². The van der Waals surface area contributed by atoms with Gasteiger partial charge in [0.25, 0.3) is 0 Å². The van der Waals surface area contributed by atoms with Gasteiger partial charge in [0.1, 0.15) is 5.01 Å². The van der Waals surface area contributed by atoms with Gasteiger partial charge in [-0.05, 0) is 31.5 Å². The Balaban J connectivity index is 1.40. The molecule has 29 heavy (non-hydrogen) atoms. The molecular weight excluding hydrogens is 406 g/mol. The Morgan fingerprint density at radius 1 is 1.24 bits per heavy atom. The van der Waals surface area contributed by atoms with Crippen molar-refractivity contribution in [2.24, 2.45) is 0 Å². The van der Waals surface area contributed by atoms with Crippen LogP contribution in [-0.4, -0.2) is 23.3 Å². The second-order valence-electron chi connectivity index (χ2n) is 7.05. The summed E-state index contributed by atoms with van der Waals surface area (Å²) in [6.45, 7) is 2.72. The third-order valence-corrected chi connectivity index (χ3v) is 6.03. The molecular formula is C22H20ClN3O2S. The van der Waals surface area contributed by atoms with E-state index in [1.54, 1.807) is 23.1 Å². The zero-order valence-electron chi connectivity index (χ0n) is 15.9. The molecule has 0 spiro atoms. The average molecular weight is 426 g/mol. The number of carbonyl (C=O) groups excluding carboxylic acids is 2. The third-order valence-electron chi connectivity index (χ3n) is 4.79. The van der Waals surface area contributed by atoms with Crippen LogP contribution in [0.2, 0.25) is 5.02 Å². The fourth-order valence-electron chi connectivity index (χ4n) is 3.29. The van der Waals surface area contributed by atoms with Crippen LogP contribution < -0.4 is 10.2 Å². The summed E-state index contributed by atoms with van der Waals surface area (Å²) in [5.41, 5.74) is 4.27. The normalized spacial score (nSPS) is 13.7. The standard InChI is InChI=1S/C22H20ClN3O2S/c1-14-4-6-15(7-5-14)22-25-17(13-29-22)12-20(27)24-16-8-9-19(18(23)11-16)26-10-2-3-21(26)28/h4-9,11,13H,2-3,10,12H2,1H3,(H,24,27). The van der Waals surface area contributed by atoms with Crippen molar-refractivity contribution in [2.75, 3.05) is 16.8 Å². The Kier molecular flexibility index (Phi) is 5.65. The highest BCUT2D eigenvalue weighted by Crippen LogP contribution is 2.32. The molecule has 2 amide bonds. The van der Waals surface area contributed by atoms with Crippen LogP contribution in [0.25, 0.3) is 10.6 Å². The lowest BCUT2D eigenvalue weighted by molar-refractivity contribution is -0.117. The first-order valence-corrected chi connectivity index (χ1v) is 10.7. The lowest BCUT2D eigenvalue weighted by Crippen LogP contribution is -2.24. The number of carbonyl (C=O) groups is 2. The van der Waals surface area contributed by atoms with Gasteiger partial charge >= 0.3 is 0 Å². The van der Waals surface area contributed by atoms with Crippen LogP contribution in [0.3, 0.4) is 0 Å². The molecule has 0 unspecified atom stereocenters. The van der Waals surface area contributed by atoms with Crippen LogP contribution in [-0.2, 0) is 16.0 Å². The van der Waals surface area contributed by atoms with Gasteiger partial charge in [-0.1, -0.05) is 41.4 Å². The van der Waals surface area contributed by atoms with Crippen molar-refractivity contribution in [3.05, 3.63) is 64.1 Å². The van der Waals surface area contributed by atoms with Crippen LogP contribution >= 0.6 is 22.9 Å². The maximum absolute atomic E-state index is 12.4. The van der Waals surface area contributed by atoms with E-state index in [-0.39, 0.29) is 18.2 Å². The molecule has 1 fully saturated rings. The number of nitrogens with one attached hydrogen (secondary N) is 1. The van der Waals surface area contributed by atoms with Gasteiger partial charge in [0.2, 0.25) is 11.8 Å². The second-order valence-corrected chi connectivity index (χ2v) is 8.32. The Morgan fingerprint density at radius 2 is 2.03 bits per heavy atom. The number of nitrogens with zero attached hydrogens (tertiary/aromatic N) is 2. The summed E-state index contributed by atoms with van der Waals surface area (Å²) >= 11 is 7.87. The zero-order chi connectivity index (χ0) is 20.4. The van der Waals surface area contributed by atoms with Gasteiger partial charge < -0.3 is 10.2 Å². The number of aromatic nitrogens is 1. The lowest BCUT2D eigenvalue weighted by Gasteiger charge is -2.18. The lowest BCUT2D eigenvalue weighted by atomic mass is 10.2. The highest BCUT2D eigenvalue weighted by atomic mass is 35.5. The summed E-state index contributed by atoms with van der Waals surface area (Å²) < 4.78 is 0. The molecule has 0 atom stereocenters. The quantitative estimate of drug-likeness (QED) is 0.620. The maximum atomic E-state index is 12.4. The number of rotatable bonds is 5. The molecule has 1 N–H and O–H groups in total. The van der Waals surface area contributed by atoms with Gasteiger partial charge in [-0.15, -0.1) is 11.3 Å². The molecule has 2 heterocycles. The Morgan fingerprint density at radius 3 is 2.72 bits per heavy atom. The minimum atomic E-state index is -0.160. The van der Waals surface area contributed by atoms with Crippen LogP contribution in [0.5, 0.6) is 0 Å². The number of halogens is 1. The van der Waals surface area contributed by atoms with Crippen LogP contribution in [0.1, 0.15) is 24.1 Å². The molecule has 0 saturated carbocycles. The topological polar surface area (TPSA) is 62.3 Å². The van der Waals surface area contributed by atoms with Crippen molar-refractivity contribution < 1.29 is 9.59 Å². The summed E-state index contributed by atoms with van der Waals surface area (Å²) in [7, 11) is 0. The van der Waals surface area contributed by atoms with Crippen molar-refractivity contribution in [1.82, 2.24) is 4.98 Å². The molecule has 0 aliphatic carbocycles. The molecule has 0 radical (unpaired) electrons. The SMILES string of the molecule is Cc1ccc(-c2nc(CC(=O)Nc3ccc(N4CCCC4=O)c(Cl)c3)cs2)cc1. The number of thiazole rings is 1. The van der Waals surface area contributed by atoms with Crippen molar-refractivity contribution >= 4 is 46.1 Å². The fourth-order valence-corrected chi connectivity index (χ4v) is 4.40. The maximum Gasteiger partial charge on any atom is 0.230 e. The van der Waals surface area contributed by atoms with Crippen molar-refractivity contribution in [3.8, 4) is 10.6 Å². The molecule has 3 aromatic rings. The number of aryl methyl sites for hydroxylation is 1. The van der Waals surface area contributed by atoms with Gasteiger partial charge in [-0.25, -0.2) is 4.98 Å². The summed E-state index contributed by atoms with van der Waals surface area (Å²) in [5.74, 6) is -0.0802. The smallest absolute Gasteiger partial charge is 0.230 e. The summed E-state index contributed by atoms with van der Waals surface area (Å²) in [4.78, 5) is 30.6. The van der Waals surface area contributed by atoms with Gasteiger partial charge in [-0.3, -0.25) is 9.59 Å². The number of amides is 2. The summed E-state index contributed by atoms with van der Waals surface area (Å²) in [6.07, 6.45) is 1.57. The van der Waals surface area contributed by atoms with E-state index in [1.165, 1.54) is 16.9 Å². The number of benzene rings is 2. The molecule has 1 aromatic heterocycles. The molecule has 1 aliphatic rings. The molecule has 1 aliphatic heterocycles. The van der Waals surface area contributed by atoms with E-state index in [0.29, 0.717) is 29.4 Å². The van der Waals surface area contributed by atoms with E-state index in [1.807, 2.05) is 36.6 Å². The molecule has 148 valence electrons. The van der Waals surface area contributed by atoms with Crippen LogP contribution in [0, 0.1) is 6.92 Å². The van der Waals surface area contributed by atoms with E-state index < -0.39 is 0 Å². The number of hydrogen-bond acceptors (Lipinski definition) is 4. The van der Waals surface area contributed by atoms with Crippen molar-refractivity contribution in [1.29, 1.82) is 0 Å². The zero-order valence-corrected chi connectivity index (χ0v) is 17.5. The Hall–Kier alpha value is -2.70. The summed E-state index contributed by atoms with van der Waals surface area (Å²) in [5, 5.41) is 6.11. The van der Waals surface area contributed by atoms with Gasteiger partial charge in [0.15, 0.2) is 0 Å². The predicted molar refractivity (Wildman–Crippen MR) is 118 cm³/mol. The first-order valence-electron chi connectivity index (χ1n) is 9.41. The van der Waals surface area contributed by atoms with E-state index in [4.69, 9.17) is 11.6 Å². The fraction of sp³-hybridized carbons (Fsp3) is 0.227. The predicted octanol–water partition coefficient (Wildman–Crippen LogP) is 5.08. The van der Waals surface area contributed by atoms with Gasteiger partial charge in [-0.2, -0.15) is 0 Å². The molecule has 5 nitrogen and oxygen atoms in total. The number of hydrogen-bond donors (Lipinski definition) is 1. The molecule has 1 saturated heterocycles. The van der Waals surface area contributed by atoms with Crippen LogP contribution in [0.4, 0.5) is 11.4 Å². The van der Waals surface area contributed by atoms with Gasteiger partial charge in [0, 0.05) is 29.6 Å². The third kappa shape index (κ3) is 4.49. The largest absolute Gasteiger partial charge is 0.326 e. The monoisotopic (exact) mass is 425 g/mol. The molecule has 7 heteroatoms. The Bertz CT molecular complexity index is 1060. The first-order chi connectivity index (χ1) is 14.0. The highest BCUT2D eigenvalue weighted by molar-refractivity contribution is 7.13. The number of anilines is 2. The minimum Gasteiger partial charge on any atom is -0.326 e. The summed E-state index contributed by atoms with van der Waals surface area (Å²) in [6, 6.07) is 13.4. The van der Waals surface area contributed by atoms with Gasteiger partial charge in [0.05, 0.1) is 22.8 Å². The minimum absolute atomic E-state index is 0.0802. The van der Waals surface area contributed by atoms with E-state index >= 15 is 0 Å². The molecule has 0 bridgehead atoms. The average Bonchev–Trinajstić information content (AvgIpc) is 3.32. The first kappa shape index (κ1) is 19.6. The second kappa shape index (κ2) is 8.35. The van der Waals surface area contributed by atoms with E-state index in [9.17, 15) is 9.59 Å². The Labute approximate surface area is 178 Å². The van der Waals surface area contributed by atoms with Crippen molar-refractivity contribution in [3.63, 3.8) is 0 Å². The van der Waals surface area contributed by atoms with E-state index in [0.717, 1.165) is 22.7 Å². The van der Waals surface area contributed by atoms with Crippen molar-refractivity contribution in [2.45, 2.75) is 26.2 Å². The molecule has 2 aromatic carbocycles. The molecule has 4 rings (SSSR count). The van der Waals surface area contributed by atoms with Crippen LogP contribution in [0.15, 0.2) is 47.8 Å². The highest BCUT2D eigenvalue weighted by Gasteiger charge is 2.23.